The van der Waals surface area contributed by atoms with Crippen molar-refractivity contribution in [1.29, 1.82) is 0 Å². The topological polar surface area (TPSA) is 47.6 Å². The second kappa shape index (κ2) is 3.61. The van der Waals surface area contributed by atoms with Crippen LogP contribution in [0.1, 0.15) is 5.56 Å². The Kier molecular flexibility index (Phi) is 2.49. The molecule has 1 aromatic carbocycles. The highest BCUT2D eigenvalue weighted by Crippen LogP contribution is 2.03. The van der Waals surface area contributed by atoms with Crippen LogP contribution in [-0.4, -0.2) is 13.3 Å². The van der Waals surface area contributed by atoms with Gasteiger partial charge in [-0.3, -0.25) is 0 Å². The van der Waals surface area contributed by atoms with E-state index in [1.165, 1.54) is 7.11 Å². The molecule has 0 aromatic heterocycles. The van der Waals surface area contributed by atoms with E-state index in [-0.39, 0.29) is 0 Å². The van der Waals surface area contributed by atoms with Gasteiger partial charge in [-0.05, 0) is 17.7 Å². The normalized spacial score (nSPS) is 10.3. The van der Waals surface area contributed by atoms with E-state index < -0.39 is 0 Å². The molecule has 0 aliphatic heterocycles. The number of nitrogens with two attached hydrogens (primary N) is 1. The van der Waals surface area contributed by atoms with E-state index in [4.69, 9.17) is 5.73 Å². The third-order valence-corrected chi connectivity index (χ3v) is 1.22. The maximum absolute atomic E-state index is 5.53. The molecule has 0 bridgehead atoms. The van der Waals surface area contributed by atoms with Crippen molar-refractivity contribution in [1.82, 2.24) is 0 Å². The lowest BCUT2D eigenvalue weighted by atomic mass is 10.2. The van der Waals surface area contributed by atoms with Gasteiger partial charge in [0, 0.05) is 5.69 Å². The molecule has 0 spiro atoms. The lowest BCUT2D eigenvalue weighted by molar-refractivity contribution is 0.215. The number of rotatable bonds is 2. The molecule has 3 nitrogen and oxygen atoms in total. The minimum absolute atomic E-state index is 0.727. The van der Waals surface area contributed by atoms with Gasteiger partial charge in [0.2, 0.25) is 0 Å². The minimum Gasteiger partial charge on any atom is -0.399 e. The summed E-state index contributed by atoms with van der Waals surface area (Å²) >= 11 is 0. The molecular weight excluding hydrogens is 140 g/mol. The highest BCUT2D eigenvalue weighted by Gasteiger charge is 1.87. The molecule has 58 valence electrons. The van der Waals surface area contributed by atoms with E-state index >= 15 is 0 Å². The van der Waals surface area contributed by atoms with Gasteiger partial charge in [-0.2, -0.15) is 0 Å². The fourth-order valence-corrected chi connectivity index (χ4v) is 0.753. The maximum atomic E-state index is 5.53. The number of hydrogen-bond acceptors (Lipinski definition) is 3. The molecule has 0 saturated carbocycles. The highest BCUT2D eigenvalue weighted by molar-refractivity contribution is 5.80. The van der Waals surface area contributed by atoms with Gasteiger partial charge in [0.1, 0.15) is 7.11 Å². The van der Waals surface area contributed by atoms with Crippen molar-refractivity contribution in [3.8, 4) is 0 Å². The van der Waals surface area contributed by atoms with Crippen LogP contribution in [-0.2, 0) is 4.84 Å². The fraction of sp³-hybridized carbons (Fsp3) is 0.125. The SMILES string of the molecule is CO/N=C\c1cccc(N)c1. The molecule has 0 aliphatic carbocycles. The Morgan fingerprint density at radius 1 is 1.55 bits per heavy atom. The summed E-state index contributed by atoms with van der Waals surface area (Å²) in [5, 5.41) is 3.60. The van der Waals surface area contributed by atoms with Crippen molar-refractivity contribution in [2.75, 3.05) is 12.8 Å². The van der Waals surface area contributed by atoms with Crippen LogP contribution >= 0.6 is 0 Å². The second-order valence-electron chi connectivity index (χ2n) is 2.09. The van der Waals surface area contributed by atoms with Crippen LogP contribution in [0.3, 0.4) is 0 Å². The summed E-state index contributed by atoms with van der Waals surface area (Å²) in [6.07, 6.45) is 1.61. The lowest BCUT2D eigenvalue weighted by Crippen LogP contribution is -1.87. The molecule has 0 unspecified atom stereocenters. The molecule has 0 radical (unpaired) electrons. The number of oxime groups is 1. The molecule has 2 N–H and O–H groups in total. The lowest BCUT2D eigenvalue weighted by Gasteiger charge is -1.93. The Balaban J connectivity index is 2.79. The van der Waals surface area contributed by atoms with Gasteiger partial charge in [0.25, 0.3) is 0 Å². The third kappa shape index (κ3) is 2.29. The van der Waals surface area contributed by atoms with Gasteiger partial charge in [-0.1, -0.05) is 17.3 Å². The standard InChI is InChI=1S/C8H10N2O/c1-11-10-6-7-3-2-4-8(9)5-7/h2-6H,9H2,1H3/b10-6-. The predicted octanol–water partition coefficient (Wildman–Crippen LogP) is 1.25. The van der Waals surface area contributed by atoms with Crippen LogP contribution < -0.4 is 5.73 Å². The zero-order valence-electron chi connectivity index (χ0n) is 6.32. The maximum Gasteiger partial charge on any atom is 0.106 e. The van der Waals surface area contributed by atoms with E-state index in [9.17, 15) is 0 Å². The summed E-state index contributed by atoms with van der Waals surface area (Å²) in [6, 6.07) is 7.41. The van der Waals surface area contributed by atoms with Crippen molar-refractivity contribution in [3.05, 3.63) is 29.8 Å². The first-order valence-electron chi connectivity index (χ1n) is 3.25. The van der Waals surface area contributed by atoms with Gasteiger partial charge < -0.3 is 10.6 Å². The summed E-state index contributed by atoms with van der Waals surface area (Å²) in [5.74, 6) is 0. The Morgan fingerprint density at radius 2 is 2.36 bits per heavy atom. The number of nitrogens with zero attached hydrogens (tertiary/aromatic N) is 1. The molecule has 3 heteroatoms. The fourth-order valence-electron chi connectivity index (χ4n) is 0.753. The minimum atomic E-state index is 0.727. The summed E-state index contributed by atoms with van der Waals surface area (Å²) in [7, 11) is 1.50. The van der Waals surface area contributed by atoms with Crippen LogP contribution in [0, 0.1) is 0 Å². The van der Waals surface area contributed by atoms with Gasteiger partial charge in [-0.25, -0.2) is 0 Å². The molecule has 0 atom stereocenters. The third-order valence-electron chi connectivity index (χ3n) is 1.22. The van der Waals surface area contributed by atoms with Gasteiger partial charge in [0.05, 0.1) is 6.21 Å². The second-order valence-corrected chi connectivity index (χ2v) is 2.09. The molecule has 0 aliphatic rings. The Labute approximate surface area is 65.5 Å². The monoisotopic (exact) mass is 150 g/mol. The Hall–Kier alpha value is -1.51. The summed E-state index contributed by atoms with van der Waals surface area (Å²) in [5.41, 5.74) is 7.19. The molecule has 0 saturated heterocycles. The van der Waals surface area contributed by atoms with Gasteiger partial charge >= 0.3 is 0 Å². The number of benzene rings is 1. The van der Waals surface area contributed by atoms with E-state index in [0.717, 1.165) is 11.3 Å². The first-order chi connectivity index (χ1) is 5.33. The zero-order valence-corrected chi connectivity index (χ0v) is 6.32. The van der Waals surface area contributed by atoms with Gasteiger partial charge in [-0.15, -0.1) is 0 Å². The molecule has 0 amide bonds. The summed E-state index contributed by atoms with van der Waals surface area (Å²) in [4.78, 5) is 4.51. The van der Waals surface area contributed by atoms with Crippen LogP contribution in [0.4, 0.5) is 5.69 Å². The molecule has 1 rings (SSSR count). The molecule has 0 fully saturated rings. The van der Waals surface area contributed by atoms with Crippen LogP contribution in [0.25, 0.3) is 0 Å². The average Bonchev–Trinajstić information content (AvgIpc) is 2.01. The highest BCUT2D eigenvalue weighted by atomic mass is 16.6. The zero-order chi connectivity index (χ0) is 8.10. The van der Waals surface area contributed by atoms with Crippen molar-refractivity contribution in [2.24, 2.45) is 5.16 Å². The summed E-state index contributed by atoms with van der Waals surface area (Å²) < 4.78 is 0. The van der Waals surface area contributed by atoms with Crippen LogP contribution in [0.2, 0.25) is 0 Å². The van der Waals surface area contributed by atoms with E-state index in [1.54, 1.807) is 6.21 Å². The Morgan fingerprint density at radius 3 is 3.00 bits per heavy atom. The van der Waals surface area contributed by atoms with Gasteiger partial charge in [0.15, 0.2) is 0 Å². The number of hydrogen-bond donors (Lipinski definition) is 1. The molecule has 1 aromatic rings. The largest absolute Gasteiger partial charge is 0.399 e. The number of anilines is 1. The first kappa shape index (κ1) is 7.60. The van der Waals surface area contributed by atoms with E-state index in [2.05, 4.69) is 9.99 Å². The van der Waals surface area contributed by atoms with E-state index in [1.807, 2.05) is 24.3 Å². The van der Waals surface area contributed by atoms with Crippen LogP contribution in [0.15, 0.2) is 29.4 Å². The molecular formula is C8H10N2O. The predicted molar refractivity (Wildman–Crippen MR) is 45.5 cm³/mol. The van der Waals surface area contributed by atoms with Crippen molar-refractivity contribution in [2.45, 2.75) is 0 Å². The first-order valence-corrected chi connectivity index (χ1v) is 3.25. The van der Waals surface area contributed by atoms with Crippen molar-refractivity contribution in [3.63, 3.8) is 0 Å². The Bertz CT molecular complexity index is 258. The van der Waals surface area contributed by atoms with Crippen molar-refractivity contribution < 1.29 is 4.84 Å². The van der Waals surface area contributed by atoms with E-state index in [0.29, 0.717) is 0 Å². The molecule has 11 heavy (non-hydrogen) atoms. The van der Waals surface area contributed by atoms with Crippen LogP contribution in [0.5, 0.6) is 0 Å². The summed E-state index contributed by atoms with van der Waals surface area (Å²) in [6.45, 7) is 0. The quantitative estimate of drug-likeness (QED) is 0.392. The number of nitrogen functional groups attached to an aromatic ring is 1. The molecule has 0 heterocycles. The smallest absolute Gasteiger partial charge is 0.106 e. The average molecular weight is 150 g/mol. The van der Waals surface area contributed by atoms with Crippen molar-refractivity contribution >= 4 is 11.9 Å².